The molecular formula is C9H14N2. The van der Waals surface area contributed by atoms with Gasteiger partial charge in [0.15, 0.2) is 0 Å². The molecule has 0 spiro atoms. The molecule has 0 radical (unpaired) electrons. The van der Waals surface area contributed by atoms with Gasteiger partial charge in [-0.2, -0.15) is 0 Å². The molecule has 1 rings (SSSR count). The van der Waals surface area contributed by atoms with E-state index in [1.807, 2.05) is 0 Å². The summed E-state index contributed by atoms with van der Waals surface area (Å²) in [5, 5.41) is 0. The second-order valence-corrected chi connectivity index (χ2v) is 2.77. The minimum absolute atomic E-state index is 0.999. The third kappa shape index (κ3) is 1.95. The molecule has 11 heavy (non-hydrogen) atoms. The van der Waals surface area contributed by atoms with Crippen molar-refractivity contribution in [3.05, 3.63) is 35.1 Å². The van der Waals surface area contributed by atoms with Crippen molar-refractivity contribution in [2.75, 3.05) is 0 Å². The lowest BCUT2D eigenvalue weighted by molar-refractivity contribution is 0.893. The van der Waals surface area contributed by atoms with E-state index in [4.69, 9.17) is 5.84 Å². The third-order valence-corrected chi connectivity index (χ3v) is 1.82. The van der Waals surface area contributed by atoms with Crippen LogP contribution in [0, 0.1) is 0 Å². The maximum atomic E-state index is 5.34. The number of hydrazine groups is 1. The summed E-state index contributed by atoms with van der Waals surface area (Å²) in [5.74, 6) is 5.34. The standard InChI is InChI=1S/C9H14N2/c1-7-4-3-5-8(2)9(6-7)11-10/h4-6,11H,3,10H2,1-2H3. The predicted molar refractivity (Wildman–Crippen MR) is 47.5 cm³/mol. The normalized spacial score (nSPS) is 17.9. The number of allylic oxidation sites excluding steroid dienone is 5. The Hall–Kier alpha value is -1.02. The summed E-state index contributed by atoms with van der Waals surface area (Å²) in [6, 6.07) is 0. The summed E-state index contributed by atoms with van der Waals surface area (Å²) >= 11 is 0. The molecular weight excluding hydrogens is 136 g/mol. The Labute approximate surface area is 67.4 Å². The average molecular weight is 150 g/mol. The molecule has 2 heteroatoms. The van der Waals surface area contributed by atoms with Crippen LogP contribution >= 0.6 is 0 Å². The number of nitrogens with one attached hydrogen (secondary N) is 1. The van der Waals surface area contributed by atoms with Crippen molar-refractivity contribution in [1.82, 2.24) is 5.43 Å². The first-order valence-electron chi connectivity index (χ1n) is 3.76. The van der Waals surface area contributed by atoms with Gasteiger partial charge in [0, 0.05) is 0 Å². The maximum Gasteiger partial charge on any atom is 0.0513 e. The van der Waals surface area contributed by atoms with Gasteiger partial charge in [-0.25, -0.2) is 0 Å². The molecule has 60 valence electrons. The molecule has 0 aromatic carbocycles. The van der Waals surface area contributed by atoms with Crippen molar-refractivity contribution in [3.8, 4) is 0 Å². The van der Waals surface area contributed by atoms with Gasteiger partial charge in [0.1, 0.15) is 0 Å². The van der Waals surface area contributed by atoms with Crippen molar-refractivity contribution in [2.45, 2.75) is 20.3 Å². The van der Waals surface area contributed by atoms with Crippen LogP contribution in [0.3, 0.4) is 0 Å². The van der Waals surface area contributed by atoms with E-state index in [0.29, 0.717) is 0 Å². The smallest absolute Gasteiger partial charge is 0.0513 e. The Bertz CT molecular complexity index is 234. The van der Waals surface area contributed by atoms with E-state index in [9.17, 15) is 0 Å². The fourth-order valence-electron chi connectivity index (χ4n) is 1.09. The molecule has 0 bridgehead atoms. The highest BCUT2D eigenvalue weighted by Gasteiger charge is 1.99. The summed E-state index contributed by atoms with van der Waals surface area (Å²) in [6.07, 6.45) is 7.38. The quantitative estimate of drug-likeness (QED) is 0.440. The van der Waals surface area contributed by atoms with Crippen molar-refractivity contribution >= 4 is 0 Å². The molecule has 0 fully saturated rings. The summed E-state index contributed by atoms with van der Waals surface area (Å²) in [6.45, 7) is 4.13. The van der Waals surface area contributed by atoms with E-state index < -0.39 is 0 Å². The highest BCUT2D eigenvalue weighted by atomic mass is 15.2. The predicted octanol–water partition coefficient (Wildman–Crippen LogP) is 1.63. The first-order valence-corrected chi connectivity index (χ1v) is 3.76. The maximum absolute atomic E-state index is 5.34. The highest BCUT2D eigenvalue weighted by molar-refractivity contribution is 5.36. The second kappa shape index (κ2) is 3.39. The van der Waals surface area contributed by atoms with Crippen LogP contribution in [0.15, 0.2) is 35.1 Å². The highest BCUT2D eigenvalue weighted by Crippen LogP contribution is 2.14. The van der Waals surface area contributed by atoms with Crippen molar-refractivity contribution in [3.63, 3.8) is 0 Å². The Balaban J connectivity index is 2.92. The monoisotopic (exact) mass is 150 g/mol. The van der Waals surface area contributed by atoms with Gasteiger partial charge in [0.2, 0.25) is 0 Å². The second-order valence-electron chi connectivity index (χ2n) is 2.77. The van der Waals surface area contributed by atoms with Gasteiger partial charge in [0.05, 0.1) is 5.70 Å². The molecule has 2 nitrogen and oxygen atoms in total. The SMILES string of the molecule is CC1=CCC=C(C)C(NN)=C1. The fraction of sp³-hybridized carbons (Fsp3) is 0.333. The van der Waals surface area contributed by atoms with Gasteiger partial charge in [-0.15, -0.1) is 0 Å². The van der Waals surface area contributed by atoms with Crippen LogP contribution in [-0.2, 0) is 0 Å². The molecule has 0 saturated heterocycles. The number of hydrogen-bond acceptors (Lipinski definition) is 2. The van der Waals surface area contributed by atoms with Crippen LogP contribution < -0.4 is 11.3 Å². The minimum atomic E-state index is 0.999. The Morgan fingerprint density at radius 1 is 1.36 bits per heavy atom. The minimum Gasteiger partial charge on any atom is -0.324 e. The summed E-state index contributed by atoms with van der Waals surface area (Å²) in [4.78, 5) is 0. The molecule has 0 heterocycles. The fourth-order valence-corrected chi connectivity index (χ4v) is 1.09. The van der Waals surface area contributed by atoms with E-state index in [0.717, 1.165) is 12.1 Å². The van der Waals surface area contributed by atoms with Crippen molar-refractivity contribution in [2.24, 2.45) is 5.84 Å². The molecule has 0 saturated carbocycles. The van der Waals surface area contributed by atoms with Crippen LogP contribution in [-0.4, -0.2) is 0 Å². The van der Waals surface area contributed by atoms with E-state index >= 15 is 0 Å². The number of rotatable bonds is 1. The molecule has 3 N–H and O–H groups in total. The van der Waals surface area contributed by atoms with Gasteiger partial charge in [-0.1, -0.05) is 17.7 Å². The molecule has 1 aliphatic rings. The van der Waals surface area contributed by atoms with Crippen LogP contribution in [0.5, 0.6) is 0 Å². The zero-order valence-corrected chi connectivity index (χ0v) is 7.02. The molecule has 1 aliphatic carbocycles. The van der Waals surface area contributed by atoms with Gasteiger partial charge in [-0.3, -0.25) is 5.84 Å². The van der Waals surface area contributed by atoms with Crippen LogP contribution in [0.4, 0.5) is 0 Å². The Kier molecular flexibility index (Phi) is 2.49. The molecule has 0 unspecified atom stereocenters. The first kappa shape index (κ1) is 8.08. The summed E-state index contributed by atoms with van der Waals surface area (Å²) < 4.78 is 0. The van der Waals surface area contributed by atoms with Gasteiger partial charge >= 0.3 is 0 Å². The van der Waals surface area contributed by atoms with Gasteiger partial charge < -0.3 is 5.43 Å². The van der Waals surface area contributed by atoms with E-state index in [1.54, 1.807) is 0 Å². The lowest BCUT2D eigenvalue weighted by Crippen LogP contribution is -2.21. The van der Waals surface area contributed by atoms with Gasteiger partial charge in [-0.05, 0) is 31.9 Å². The zero-order valence-electron chi connectivity index (χ0n) is 7.02. The Morgan fingerprint density at radius 3 is 2.73 bits per heavy atom. The molecule has 0 atom stereocenters. The largest absolute Gasteiger partial charge is 0.324 e. The Morgan fingerprint density at radius 2 is 2.09 bits per heavy atom. The summed E-state index contributed by atoms with van der Waals surface area (Å²) in [7, 11) is 0. The zero-order chi connectivity index (χ0) is 8.27. The first-order chi connectivity index (χ1) is 5.24. The molecule has 0 aromatic heterocycles. The third-order valence-electron chi connectivity index (χ3n) is 1.82. The van der Waals surface area contributed by atoms with E-state index in [1.165, 1.54) is 11.1 Å². The molecule has 0 amide bonds. The van der Waals surface area contributed by atoms with E-state index in [-0.39, 0.29) is 0 Å². The van der Waals surface area contributed by atoms with E-state index in [2.05, 4.69) is 37.5 Å². The number of nitrogens with two attached hydrogens (primary N) is 1. The lowest BCUT2D eigenvalue weighted by atomic mass is 10.2. The van der Waals surface area contributed by atoms with Crippen LogP contribution in [0.1, 0.15) is 20.3 Å². The summed E-state index contributed by atoms with van der Waals surface area (Å²) in [5.41, 5.74) is 6.15. The lowest BCUT2D eigenvalue weighted by Gasteiger charge is -2.04. The topological polar surface area (TPSA) is 38.0 Å². The molecule has 0 aromatic rings. The van der Waals surface area contributed by atoms with Crippen LogP contribution in [0.2, 0.25) is 0 Å². The average Bonchev–Trinajstić information content (AvgIpc) is 2.13. The van der Waals surface area contributed by atoms with Gasteiger partial charge in [0.25, 0.3) is 0 Å². The van der Waals surface area contributed by atoms with Crippen molar-refractivity contribution in [1.29, 1.82) is 0 Å². The van der Waals surface area contributed by atoms with Crippen molar-refractivity contribution < 1.29 is 0 Å². The van der Waals surface area contributed by atoms with Crippen LogP contribution in [0.25, 0.3) is 0 Å². The molecule has 0 aliphatic heterocycles. The number of hydrogen-bond donors (Lipinski definition) is 2.